The summed E-state index contributed by atoms with van der Waals surface area (Å²) >= 11 is 6.12. The topological polar surface area (TPSA) is 91.1 Å². The predicted molar refractivity (Wildman–Crippen MR) is 109 cm³/mol. The molecule has 0 spiro atoms. The smallest absolute Gasteiger partial charge is 0.269 e. The number of hydrogen-bond donors (Lipinski definition) is 3. The summed E-state index contributed by atoms with van der Waals surface area (Å²) in [5, 5.41) is 6.75. The highest BCUT2D eigenvalue weighted by Crippen LogP contribution is 2.34. The lowest BCUT2D eigenvalue weighted by Crippen LogP contribution is -2.57. The Morgan fingerprint density at radius 1 is 1.11 bits per heavy atom. The van der Waals surface area contributed by atoms with Gasteiger partial charge in [-0.25, -0.2) is 8.42 Å². The third-order valence-corrected chi connectivity index (χ3v) is 6.88. The van der Waals surface area contributed by atoms with Crippen molar-refractivity contribution in [2.24, 2.45) is 0 Å². The van der Waals surface area contributed by atoms with E-state index in [1.165, 1.54) is 0 Å². The van der Waals surface area contributed by atoms with Gasteiger partial charge in [-0.2, -0.15) is 0 Å². The zero-order chi connectivity index (χ0) is 20.1. The summed E-state index contributed by atoms with van der Waals surface area (Å²) in [5.74, 6) is -0.443. The van der Waals surface area contributed by atoms with E-state index in [0.717, 1.165) is 11.1 Å². The van der Waals surface area contributed by atoms with Gasteiger partial charge in [-0.15, -0.1) is 0 Å². The first-order valence-electron chi connectivity index (χ1n) is 8.92. The lowest BCUT2D eigenvalue weighted by molar-refractivity contribution is 0.0916. The molecule has 4 rings (SSSR count). The normalized spacial score (nSPS) is 14.8. The van der Waals surface area contributed by atoms with Crippen molar-refractivity contribution in [2.75, 3.05) is 13.1 Å². The largest absolute Gasteiger partial charge is 0.349 e. The molecule has 1 fully saturated rings. The minimum atomic E-state index is -3.95. The molecule has 0 atom stereocenters. The average molecular weight is 418 g/mol. The highest BCUT2D eigenvalue weighted by molar-refractivity contribution is 7.91. The molecule has 1 amide bonds. The van der Waals surface area contributed by atoms with Crippen LogP contribution in [0.1, 0.15) is 21.6 Å². The Bertz CT molecular complexity index is 1180. The van der Waals surface area contributed by atoms with Crippen molar-refractivity contribution >= 4 is 38.2 Å². The quantitative estimate of drug-likeness (QED) is 0.608. The summed E-state index contributed by atoms with van der Waals surface area (Å²) in [6.07, 6.45) is 0. The van der Waals surface area contributed by atoms with Gasteiger partial charge in [-0.3, -0.25) is 4.79 Å². The summed E-state index contributed by atoms with van der Waals surface area (Å²) in [6, 6.07) is 10.0. The fourth-order valence-electron chi connectivity index (χ4n) is 3.43. The van der Waals surface area contributed by atoms with Gasteiger partial charge in [0.25, 0.3) is 5.91 Å². The van der Waals surface area contributed by atoms with E-state index in [4.69, 9.17) is 11.6 Å². The number of hydrogen-bond acceptors (Lipinski definition) is 4. The second-order valence-electron chi connectivity index (χ2n) is 7.17. The standard InChI is InChI=1S/C20H20ClN3O3S/c1-11-5-12(2)7-15(6-11)28(26,27)19-16-8-13(21)3-4-17(16)24-18(19)20(25)23-14-9-22-10-14/h3-8,14,22,24H,9-10H2,1-2H3,(H,23,25). The zero-order valence-corrected chi connectivity index (χ0v) is 17.0. The molecule has 8 heteroatoms. The van der Waals surface area contributed by atoms with Crippen molar-refractivity contribution in [2.45, 2.75) is 29.7 Å². The molecule has 6 nitrogen and oxygen atoms in total. The van der Waals surface area contributed by atoms with E-state index in [1.54, 1.807) is 30.3 Å². The molecule has 1 aliphatic rings. The van der Waals surface area contributed by atoms with E-state index in [0.29, 0.717) is 29.0 Å². The van der Waals surface area contributed by atoms with Gasteiger partial charge < -0.3 is 15.6 Å². The van der Waals surface area contributed by atoms with Crippen LogP contribution in [0.3, 0.4) is 0 Å². The summed E-state index contributed by atoms with van der Waals surface area (Å²) in [5.41, 5.74) is 2.25. The molecule has 1 aliphatic heterocycles. The molecule has 2 aromatic carbocycles. The minimum Gasteiger partial charge on any atom is -0.349 e. The van der Waals surface area contributed by atoms with Crippen LogP contribution in [0, 0.1) is 13.8 Å². The van der Waals surface area contributed by atoms with Gasteiger partial charge in [0, 0.05) is 29.0 Å². The monoisotopic (exact) mass is 417 g/mol. The number of benzene rings is 2. The van der Waals surface area contributed by atoms with Crippen LogP contribution >= 0.6 is 11.6 Å². The highest BCUT2D eigenvalue weighted by atomic mass is 35.5. The number of aromatic nitrogens is 1. The summed E-state index contributed by atoms with van der Waals surface area (Å²) in [4.78, 5) is 16.0. The van der Waals surface area contributed by atoms with Crippen LogP contribution < -0.4 is 10.6 Å². The second-order valence-corrected chi connectivity index (χ2v) is 9.50. The van der Waals surface area contributed by atoms with Crippen molar-refractivity contribution in [3.8, 4) is 0 Å². The number of nitrogens with one attached hydrogen (secondary N) is 3. The van der Waals surface area contributed by atoms with Crippen LogP contribution in [-0.2, 0) is 9.84 Å². The maximum atomic E-state index is 13.6. The molecule has 3 aromatic rings. The number of fused-ring (bicyclic) bond motifs is 1. The van der Waals surface area contributed by atoms with Gasteiger partial charge in [0.05, 0.1) is 10.9 Å². The Labute approximate surface area is 168 Å². The molecule has 2 heterocycles. The van der Waals surface area contributed by atoms with E-state index in [1.807, 2.05) is 19.9 Å². The van der Waals surface area contributed by atoms with Crippen molar-refractivity contribution in [1.82, 2.24) is 15.6 Å². The Morgan fingerprint density at radius 2 is 1.79 bits per heavy atom. The number of halogens is 1. The molecular formula is C20H20ClN3O3S. The molecule has 28 heavy (non-hydrogen) atoms. The maximum Gasteiger partial charge on any atom is 0.269 e. The van der Waals surface area contributed by atoms with E-state index < -0.39 is 15.7 Å². The van der Waals surface area contributed by atoms with Crippen LogP contribution in [0.4, 0.5) is 0 Å². The molecule has 1 aromatic heterocycles. The fourth-order valence-corrected chi connectivity index (χ4v) is 5.39. The number of sulfone groups is 1. The van der Waals surface area contributed by atoms with E-state index in [-0.39, 0.29) is 21.5 Å². The number of amides is 1. The van der Waals surface area contributed by atoms with Crippen LogP contribution in [0.25, 0.3) is 10.9 Å². The molecule has 3 N–H and O–H groups in total. The van der Waals surface area contributed by atoms with Gasteiger partial charge >= 0.3 is 0 Å². The summed E-state index contributed by atoms with van der Waals surface area (Å²) in [6.45, 7) is 5.01. The minimum absolute atomic E-state index is 0.0146. The second kappa shape index (κ2) is 6.92. The molecule has 0 radical (unpaired) electrons. The third-order valence-electron chi connectivity index (χ3n) is 4.83. The molecule has 0 saturated carbocycles. The number of aryl methyl sites for hydroxylation is 2. The number of H-pyrrole nitrogens is 1. The number of carbonyl (C=O) groups is 1. The summed E-state index contributed by atoms with van der Waals surface area (Å²) in [7, 11) is -3.95. The third kappa shape index (κ3) is 3.30. The lowest BCUT2D eigenvalue weighted by Gasteiger charge is -2.27. The first-order valence-corrected chi connectivity index (χ1v) is 10.8. The average Bonchev–Trinajstić information content (AvgIpc) is 2.96. The first kappa shape index (κ1) is 19.0. The number of carbonyl (C=O) groups excluding carboxylic acids is 1. The Balaban J connectivity index is 1.93. The van der Waals surface area contributed by atoms with Crippen LogP contribution in [0.15, 0.2) is 46.2 Å². The fraction of sp³-hybridized carbons (Fsp3) is 0.250. The molecule has 0 aliphatic carbocycles. The first-order chi connectivity index (χ1) is 13.3. The Kier molecular flexibility index (Phi) is 4.69. The van der Waals surface area contributed by atoms with Crippen molar-refractivity contribution in [1.29, 1.82) is 0 Å². The number of aromatic amines is 1. The molecular weight excluding hydrogens is 398 g/mol. The van der Waals surface area contributed by atoms with Crippen LogP contribution in [-0.4, -0.2) is 38.4 Å². The SMILES string of the molecule is Cc1cc(C)cc(S(=O)(=O)c2c(C(=O)NC3CNC3)[nH]c3ccc(Cl)cc23)c1. The van der Waals surface area contributed by atoms with Crippen LogP contribution in [0.2, 0.25) is 5.02 Å². The van der Waals surface area contributed by atoms with Crippen LogP contribution in [0.5, 0.6) is 0 Å². The van der Waals surface area contributed by atoms with Gasteiger partial charge in [-0.1, -0.05) is 17.7 Å². The molecule has 0 bridgehead atoms. The van der Waals surface area contributed by atoms with Gasteiger partial charge in [0.2, 0.25) is 9.84 Å². The molecule has 0 unspecified atom stereocenters. The van der Waals surface area contributed by atoms with E-state index in [9.17, 15) is 13.2 Å². The van der Waals surface area contributed by atoms with Crippen molar-refractivity contribution in [3.05, 3.63) is 58.2 Å². The molecule has 1 saturated heterocycles. The van der Waals surface area contributed by atoms with Gasteiger partial charge in [-0.05, 0) is 55.3 Å². The Hall–Kier alpha value is -2.35. The van der Waals surface area contributed by atoms with Crippen molar-refractivity contribution in [3.63, 3.8) is 0 Å². The Morgan fingerprint density at radius 3 is 2.39 bits per heavy atom. The van der Waals surface area contributed by atoms with Gasteiger partial charge in [0.1, 0.15) is 10.6 Å². The van der Waals surface area contributed by atoms with E-state index >= 15 is 0 Å². The highest BCUT2D eigenvalue weighted by Gasteiger charge is 2.31. The lowest BCUT2D eigenvalue weighted by atomic mass is 10.2. The predicted octanol–water partition coefficient (Wildman–Crippen LogP) is 2.97. The summed E-state index contributed by atoms with van der Waals surface area (Å²) < 4.78 is 27.1. The van der Waals surface area contributed by atoms with E-state index in [2.05, 4.69) is 15.6 Å². The number of rotatable bonds is 4. The zero-order valence-electron chi connectivity index (χ0n) is 15.5. The van der Waals surface area contributed by atoms with Crippen molar-refractivity contribution < 1.29 is 13.2 Å². The van der Waals surface area contributed by atoms with Gasteiger partial charge in [0.15, 0.2) is 0 Å². The molecule has 146 valence electrons. The maximum absolute atomic E-state index is 13.6.